The number of anilines is 1. The Kier molecular flexibility index (Phi) is 10.3. The van der Waals surface area contributed by atoms with E-state index in [1.54, 1.807) is 68.6 Å². The molecule has 39 heavy (non-hydrogen) atoms. The Morgan fingerprint density at radius 1 is 0.872 bits per heavy atom. The fourth-order valence-corrected chi connectivity index (χ4v) is 5.58. The van der Waals surface area contributed by atoms with Crippen LogP contribution >= 0.6 is 0 Å². The molecule has 3 aromatic carbocycles. The van der Waals surface area contributed by atoms with Crippen molar-refractivity contribution in [2.75, 3.05) is 31.6 Å². The lowest BCUT2D eigenvalue weighted by molar-refractivity contribution is -0.140. The van der Waals surface area contributed by atoms with Crippen molar-refractivity contribution in [1.29, 1.82) is 0 Å². The molecule has 0 saturated carbocycles. The third-order valence-electron chi connectivity index (χ3n) is 6.20. The number of likely N-dealkylation sites (N-methyl/N-ethyl adjacent to an activating group) is 1. The summed E-state index contributed by atoms with van der Waals surface area (Å²) in [7, 11) is -1.10. The van der Waals surface area contributed by atoms with Gasteiger partial charge in [-0.1, -0.05) is 43.3 Å². The number of nitrogens with one attached hydrogen (secondary N) is 1. The fourth-order valence-electron chi connectivity index (χ4n) is 4.15. The first kappa shape index (κ1) is 29.5. The highest BCUT2D eigenvalue weighted by Gasteiger charge is 2.33. The highest BCUT2D eigenvalue weighted by molar-refractivity contribution is 7.92. The van der Waals surface area contributed by atoms with E-state index in [9.17, 15) is 18.0 Å². The molecule has 0 aromatic heterocycles. The molecule has 0 saturated heterocycles. The molecular weight excluding hydrogens is 518 g/mol. The van der Waals surface area contributed by atoms with Crippen molar-refractivity contribution in [2.45, 2.75) is 37.8 Å². The normalized spacial score (nSPS) is 11.8. The van der Waals surface area contributed by atoms with Gasteiger partial charge in [0.15, 0.2) is 0 Å². The second-order valence-corrected chi connectivity index (χ2v) is 10.6. The number of benzene rings is 3. The molecule has 1 N–H and O–H groups in total. The average Bonchev–Trinajstić information content (AvgIpc) is 2.96. The lowest BCUT2D eigenvalue weighted by Gasteiger charge is -2.33. The molecule has 0 aliphatic heterocycles. The minimum atomic E-state index is -4.14. The third kappa shape index (κ3) is 7.29. The smallest absolute Gasteiger partial charge is 0.264 e. The lowest BCUT2D eigenvalue weighted by Crippen LogP contribution is -2.52. The molecule has 0 aliphatic rings. The third-order valence-corrected chi connectivity index (χ3v) is 7.99. The van der Waals surface area contributed by atoms with Crippen molar-refractivity contribution in [3.8, 4) is 11.5 Å². The first-order valence-electron chi connectivity index (χ1n) is 12.7. The first-order chi connectivity index (χ1) is 18.7. The monoisotopic (exact) mass is 553 g/mol. The van der Waals surface area contributed by atoms with Crippen LogP contribution in [0.15, 0.2) is 83.8 Å². The maximum absolute atomic E-state index is 14.0. The van der Waals surface area contributed by atoms with Crippen LogP contribution < -0.4 is 19.1 Å². The Bertz CT molecular complexity index is 1350. The summed E-state index contributed by atoms with van der Waals surface area (Å²) in [5, 5.41) is 2.79. The standard InChI is InChI=1S/C29H35N3O6S/c1-5-27(29(34)30-6-2)31(20-22-15-17-24(37-3)18-16-22)28(33)21-32(23-11-10-12-25(19-23)38-4)39(35,36)26-13-8-7-9-14-26/h7-19,27H,5-6,20-21H2,1-4H3,(H,30,34)/t27-/m1/s1. The van der Waals surface area contributed by atoms with Crippen molar-refractivity contribution in [1.82, 2.24) is 10.2 Å². The number of sulfonamides is 1. The number of ether oxygens (including phenoxy) is 2. The van der Waals surface area contributed by atoms with Crippen molar-refractivity contribution >= 4 is 27.5 Å². The zero-order valence-electron chi connectivity index (χ0n) is 22.7. The van der Waals surface area contributed by atoms with Crippen molar-refractivity contribution < 1.29 is 27.5 Å². The van der Waals surface area contributed by atoms with E-state index in [-0.39, 0.29) is 23.0 Å². The summed E-state index contributed by atoms with van der Waals surface area (Å²) in [6, 6.07) is 20.8. The van der Waals surface area contributed by atoms with Gasteiger partial charge < -0.3 is 19.7 Å². The topological polar surface area (TPSA) is 105 Å². The summed E-state index contributed by atoms with van der Waals surface area (Å²) in [6.07, 6.45) is 0.346. The van der Waals surface area contributed by atoms with Gasteiger partial charge in [0.2, 0.25) is 11.8 Å². The number of rotatable bonds is 13. The number of nitrogens with zero attached hydrogens (tertiary/aromatic N) is 2. The molecular formula is C29H35N3O6S. The van der Waals surface area contributed by atoms with Gasteiger partial charge in [-0.3, -0.25) is 13.9 Å². The lowest BCUT2D eigenvalue weighted by atomic mass is 10.1. The molecule has 3 rings (SSSR count). The minimum absolute atomic E-state index is 0.0399. The molecule has 0 aliphatic carbocycles. The maximum atomic E-state index is 14.0. The zero-order valence-corrected chi connectivity index (χ0v) is 23.5. The van der Waals surface area contributed by atoms with Crippen LogP contribution in [0.3, 0.4) is 0 Å². The highest BCUT2D eigenvalue weighted by Crippen LogP contribution is 2.28. The summed E-state index contributed by atoms with van der Waals surface area (Å²) >= 11 is 0. The Hall–Kier alpha value is -4.05. The van der Waals surface area contributed by atoms with Gasteiger partial charge in [0.05, 0.1) is 24.8 Å². The number of carbonyl (C=O) groups excluding carboxylic acids is 2. The van der Waals surface area contributed by atoms with Crippen molar-refractivity contribution in [3.05, 3.63) is 84.4 Å². The summed E-state index contributed by atoms with van der Waals surface area (Å²) < 4.78 is 39.2. The average molecular weight is 554 g/mol. The second kappa shape index (κ2) is 13.7. The van der Waals surface area contributed by atoms with Crippen LogP contribution in [0.4, 0.5) is 5.69 Å². The van der Waals surface area contributed by atoms with Crippen LogP contribution in [0.5, 0.6) is 11.5 Å². The summed E-state index contributed by atoms with van der Waals surface area (Å²) in [6.45, 7) is 3.61. The number of carbonyl (C=O) groups is 2. The predicted molar refractivity (Wildman–Crippen MR) is 150 cm³/mol. The number of hydrogen-bond donors (Lipinski definition) is 1. The molecule has 3 aromatic rings. The highest BCUT2D eigenvalue weighted by atomic mass is 32.2. The van der Waals surface area contributed by atoms with Gasteiger partial charge in [-0.05, 0) is 55.3 Å². The molecule has 0 bridgehead atoms. The number of hydrogen-bond acceptors (Lipinski definition) is 6. The maximum Gasteiger partial charge on any atom is 0.264 e. The Morgan fingerprint density at radius 2 is 1.54 bits per heavy atom. The van der Waals surface area contributed by atoms with Crippen LogP contribution in [-0.2, 0) is 26.2 Å². The van der Waals surface area contributed by atoms with E-state index < -0.39 is 28.5 Å². The van der Waals surface area contributed by atoms with Crippen LogP contribution in [0, 0.1) is 0 Å². The van der Waals surface area contributed by atoms with Gasteiger partial charge in [-0.25, -0.2) is 8.42 Å². The van der Waals surface area contributed by atoms with Crippen LogP contribution in [0.25, 0.3) is 0 Å². The molecule has 208 valence electrons. The van der Waals surface area contributed by atoms with E-state index in [1.807, 2.05) is 19.1 Å². The summed E-state index contributed by atoms with van der Waals surface area (Å²) in [4.78, 5) is 28.4. The van der Waals surface area contributed by atoms with Gasteiger partial charge in [0.25, 0.3) is 10.0 Å². The Balaban J connectivity index is 2.05. The van der Waals surface area contributed by atoms with E-state index in [2.05, 4.69) is 5.32 Å². The van der Waals surface area contributed by atoms with Gasteiger partial charge in [-0.15, -0.1) is 0 Å². The molecule has 9 nitrogen and oxygen atoms in total. The molecule has 0 spiro atoms. The molecule has 10 heteroatoms. The van der Waals surface area contributed by atoms with Crippen molar-refractivity contribution in [3.63, 3.8) is 0 Å². The molecule has 0 fully saturated rings. The predicted octanol–water partition coefficient (Wildman–Crippen LogP) is 3.84. The minimum Gasteiger partial charge on any atom is -0.497 e. The van der Waals surface area contributed by atoms with Crippen LogP contribution in [-0.4, -0.2) is 58.5 Å². The second-order valence-electron chi connectivity index (χ2n) is 8.71. The van der Waals surface area contributed by atoms with Crippen LogP contribution in [0.2, 0.25) is 0 Å². The number of methoxy groups -OCH3 is 2. The largest absolute Gasteiger partial charge is 0.497 e. The quantitative estimate of drug-likeness (QED) is 0.345. The van der Waals surface area contributed by atoms with Gasteiger partial charge in [-0.2, -0.15) is 0 Å². The molecule has 1 atom stereocenters. The Labute approximate surface area is 230 Å². The zero-order chi connectivity index (χ0) is 28.4. The van der Waals surface area contributed by atoms with Gasteiger partial charge in [0, 0.05) is 19.2 Å². The summed E-state index contributed by atoms with van der Waals surface area (Å²) in [5.41, 5.74) is 1.03. The molecule has 0 unspecified atom stereocenters. The number of amides is 2. The van der Waals surface area contributed by atoms with E-state index in [4.69, 9.17) is 9.47 Å². The van der Waals surface area contributed by atoms with E-state index in [1.165, 1.54) is 24.1 Å². The molecule has 0 heterocycles. The van der Waals surface area contributed by atoms with E-state index in [0.29, 0.717) is 24.5 Å². The van der Waals surface area contributed by atoms with Crippen LogP contribution in [0.1, 0.15) is 25.8 Å². The van der Waals surface area contributed by atoms with Crippen molar-refractivity contribution in [2.24, 2.45) is 0 Å². The summed E-state index contributed by atoms with van der Waals surface area (Å²) in [5.74, 6) is 0.273. The SMILES string of the molecule is CCNC(=O)[C@@H](CC)N(Cc1ccc(OC)cc1)C(=O)CN(c1cccc(OC)c1)S(=O)(=O)c1ccccc1. The van der Waals surface area contributed by atoms with Gasteiger partial charge in [0.1, 0.15) is 24.1 Å². The van der Waals surface area contributed by atoms with Gasteiger partial charge >= 0.3 is 0 Å². The fraction of sp³-hybridized carbons (Fsp3) is 0.310. The molecule has 2 amide bonds. The first-order valence-corrected chi connectivity index (χ1v) is 14.1. The molecule has 0 radical (unpaired) electrons. The van der Waals surface area contributed by atoms with E-state index in [0.717, 1.165) is 9.87 Å². The Morgan fingerprint density at radius 3 is 2.13 bits per heavy atom. The van der Waals surface area contributed by atoms with E-state index >= 15 is 0 Å².